The van der Waals surface area contributed by atoms with E-state index >= 15 is 0 Å². The molecule has 17 heteroatoms. The molecular formula is C96H77BrN12O4. The number of fused-ring (bicyclic) bond motifs is 12. The fraction of sp³-hybridized carbons (Fsp3) is 0.115. The van der Waals surface area contributed by atoms with Crippen LogP contribution in [0.15, 0.2) is 319 Å². The molecule has 8 aromatic heterocycles. The number of aliphatic hydroxyl groups is 1. The molecular weight excluding hydrogens is 1470 g/mol. The number of methoxy groups -OCH3 is 2. The molecule has 552 valence electrons. The Labute approximate surface area is 662 Å². The second-order valence-corrected chi connectivity index (χ2v) is 29.2. The van der Waals surface area contributed by atoms with E-state index in [9.17, 15) is 9.90 Å². The number of halogens is 1. The maximum absolute atomic E-state index is 11.9. The zero-order valence-corrected chi connectivity index (χ0v) is 64.6. The minimum absolute atomic E-state index is 0.0500. The van der Waals surface area contributed by atoms with Gasteiger partial charge in [0.05, 0.1) is 72.9 Å². The summed E-state index contributed by atoms with van der Waals surface area (Å²) < 4.78 is 15.9. The van der Waals surface area contributed by atoms with Gasteiger partial charge in [-0.1, -0.05) is 94.8 Å². The topological polar surface area (TPSA) is 174 Å². The fourth-order valence-electron chi connectivity index (χ4n) is 16.2. The SMILES string of the molecule is COC(=O)c1cccc(-c2ccc(N3C4=CC=NCC4c4cnccc43)cc2C)c1.COc1cccc(-c2ccc(N3C4=CC=NCC4c4cnccc43)cc2C)c1.Cc1cc(-n2c3ccncc3c3cnccc32)ccc1-c1cccc(Br)c1.Cc1cc(-n2c3ccncc3c3cnccc32)ccc1-c1cccc(CO)c1. The Morgan fingerprint density at radius 1 is 0.425 bits per heavy atom. The molecule has 1 N–H and O–H groups in total. The highest BCUT2D eigenvalue weighted by Gasteiger charge is 2.37. The number of carbonyl (C=O) groups is 1. The predicted molar refractivity (Wildman–Crippen MR) is 459 cm³/mol. The van der Waals surface area contributed by atoms with Gasteiger partial charge in [0.2, 0.25) is 0 Å². The van der Waals surface area contributed by atoms with Crippen molar-refractivity contribution in [1.29, 1.82) is 0 Å². The summed E-state index contributed by atoms with van der Waals surface area (Å²) in [6, 6.07) is 70.8. The molecule has 8 aromatic carbocycles. The van der Waals surface area contributed by atoms with Gasteiger partial charge in [-0.05, 0) is 240 Å². The highest BCUT2D eigenvalue weighted by atomic mass is 79.9. The van der Waals surface area contributed by atoms with Gasteiger partial charge in [-0.25, -0.2) is 4.79 Å². The van der Waals surface area contributed by atoms with Crippen molar-refractivity contribution in [2.45, 2.75) is 46.1 Å². The van der Waals surface area contributed by atoms with Gasteiger partial charge in [0, 0.05) is 170 Å². The second-order valence-electron chi connectivity index (χ2n) is 28.3. The third kappa shape index (κ3) is 13.9. The molecule has 4 aliphatic heterocycles. The van der Waals surface area contributed by atoms with Crippen molar-refractivity contribution in [3.05, 3.63) is 353 Å². The largest absolute Gasteiger partial charge is 0.497 e. The number of allylic oxidation sites excluding steroid dienone is 2. The average molecular weight is 1540 g/mol. The zero-order chi connectivity index (χ0) is 77.2. The molecule has 2 atom stereocenters. The molecule has 113 heavy (non-hydrogen) atoms. The Kier molecular flexibility index (Phi) is 20.1. The number of anilines is 4. The second kappa shape index (κ2) is 31.4. The van der Waals surface area contributed by atoms with Crippen molar-refractivity contribution >= 4 is 101 Å². The van der Waals surface area contributed by atoms with E-state index in [1.54, 1.807) is 13.2 Å². The summed E-state index contributed by atoms with van der Waals surface area (Å²) >= 11 is 3.57. The van der Waals surface area contributed by atoms with Crippen LogP contribution < -0.4 is 14.5 Å². The molecule has 0 radical (unpaired) electrons. The van der Waals surface area contributed by atoms with Gasteiger partial charge in [-0.2, -0.15) is 0 Å². The number of esters is 1. The van der Waals surface area contributed by atoms with Crippen LogP contribution in [-0.4, -0.2) is 89.9 Å². The van der Waals surface area contributed by atoms with E-state index in [4.69, 9.17) is 9.47 Å². The normalized spacial score (nSPS) is 14.2. The van der Waals surface area contributed by atoms with Crippen LogP contribution in [0.3, 0.4) is 0 Å². The summed E-state index contributed by atoms with van der Waals surface area (Å²) in [6.45, 7) is 10.1. The number of hydrogen-bond acceptors (Lipinski definition) is 14. The number of aromatic nitrogens is 8. The summed E-state index contributed by atoms with van der Waals surface area (Å²) in [6.07, 6.45) is 30.6. The number of pyridine rings is 6. The Hall–Kier alpha value is -13.6. The number of dihydropyridines is 2. The Bertz CT molecular complexity index is 6410. The van der Waals surface area contributed by atoms with Crippen LogP contribution in [0.25, 0.3) is 99.5 Å². The third-order valence-corrected chi connectivity index (χ3v) is 22.0. The van der Waals surface area contributed by atoms with Gasteiger partial charge >= 0.3 is 5.97 Å². The van der Waals surface area contributed by atoms with Crippen LogP contribution in [-0.2, 0) is 11.3 Å². The van der Waals surface area contributed by atoms with Gasteiger partial charge < -0.3 is 33.5 Å². The molecule has 16 nitrogen and oxygen atoms in total. The van der Waals surface area contributed by atoms with E-state index in [0.29, 0.717) is 5.56 Å². The van der Waals surface area contributed by atoms with Gasteiger partial charge in [0.15, 0.2) is 0 Å². The molecule has 16 aromatic rings. The van der Waals surface area contributed by atoms with Crippen LogP contribution in [0.2, 0.25) is 0 Å². The van der Waals surface area contributed by atoms with E-state index < -0.39 is 0 Å². The summed E-state index contributed by atoms with van der Waals surface area (Å²) in [5, 5.41) is 13.9. The first kappa shape index (κ1) is 72.3. The van der Waals surface area contributed by atoms with Gasteiger partial charge in [0.25, 0.3) is 0 Å². The summed E-state index contributed by atoms with van der Waals surface area (Å²) in [4.78, 5) is 51.4. The van der Waals surface area contributed by atoms with Crippen LogP contribution in [0.1, 0.15) is 61.1 Å². The van der Waals surface area contributed by atoms with Gasteiger partial charge in [-0.15, -0.1) is 0 Å². The number of carbonyl (C=O) groups excluding carboxylic acids is 1. The minimum atomic E-state index is -0.328. The smallest absolute Gasteiger partial charge is 0.337 e. The molecule has 0 fully saturated rings. The van der Waals surface area contributed by atoms with Crippen molar-refractivity contribution in [3.63, 3.8) is 0 Å². The molecule has 0 bridgehead atoms. The maximum Gasteiger partial charge on any atom is 0.337 e. The molecule has 4 aliphatic rings. The quantitative estimate of drug-likeness (QED) is 0.122. The number of nitrogens with zero attached hydrogens (tertiary/aromatic N) is 12. The lowest BCUT2D eigenvalue weighted by Crippen LogP contribution is -2.17. The van der Waals surface area contributed by atoms with Crippen molar-refractivity contribution in [1.82, 2.24) is 39.0 Å². The Morgan fingerprint density at radius 3 is 1.25 bits per heavy atom. The number of benzene rings is 8. The molecule has 20 rings (SSSR count). The lowest BCUT2D eigenvalue weighted by Gasteiger charge is -2.25. The zero-order valence-electron chi connectivity index (χ0n) is 63.1. The third-order valence-electron chi connectivity index (χ3n) is 21.5. The average Bonchev–Trinajstić information content (AvgIpc) is 1.24. The molecule has 0 aliphatic carbocycles. The highest BCUT2D eigenvalue weighted by molar-refractivity contribution is 9.10. The van der Waals surface area contributed by atoms with Crippen LogP contribution in [0.5, 0.6) is 5.75 Å². The van der Waals surface area contributed by atoms with E-state index in [1.165, 1.54) is 79.9 Å². The number of rotatable bonds is 11. The van der Waals surface area contributed by atoms with Gasteiger partial charge in [-0.3, -0.25) is 39.9 Å². The molecule has 12 heterocycles. The van der Waals surface area contributed by atoms with Crippen LogP contribution in [0, 0.1) is 27.7 Å². The van der Waals surface area contributed by atoms with Crippen molar-refractivity contribution in [3.8, 4) is 61.6 Å². The summed E-state index contributed by atoms with van der Waals surface area (Å²) in [5.74, 6) is 1.07. The molecule has 2 unspecified atom stereocenters. The fourth-order valence-corrected chi connectivity index (χ4v) is 16.6. The predicted octanol–water partition coefficient (Wildman–Crippen LogP) is 21.7. The van der Waals surface area contributed by atoms with Crippen LogP contribution >= 0.6 is 15.9 Å². The van der Waals surface area contributed by atoms with E-state index in [0.717, 1.165) is 123 Å². The number of hydrogen-bond donors (Lipinski definition) is 1. The molecule has 0 amide bonds. The molecule has 0 spiro atoms. The molecule has 0 saturated heterocycles. The Balaban J connectivity index is 0.000000109. The first-order valence-electron chi connectivity index (χ1n) is 37.4. The summed E-state index contributed by atoms with van der Waals surface area (Å²) in [7, 11) is 3.10. The van der Waals surface area contributed by atoms with E-state index in [1.807, 2.05) is 154 Å². The van der Waals surface area contributed by atoms with Crippen molar-refractivity contribution < 1.29 is 19.4 Å². The first-order chi connectivity index (χ1) is 55.4. The summed E-state index contributed by atoms with van der Waals surface area (Å²) in [5.41, 5.74) is 31.8. The maximum atomic E-state index is 11.9. The van der Waals surface area contributed by atoms with E-state index in [2.05, 4.69) is 248 Å². The lowest BCUT2D eigenvalue weighted by atomic mass is 9.97. The van der Waals surface area contributed by atoms with Gasteiger partial charge in [0.1, 0.15) is 5.75 Å². The Morgan fingerprint density at radius 2 is 0.814 bits per heavy atom. The minimum Gasteiger partial charge on any atom is -0.497 e. The monoisotopic (exact) mass is 1540 g/mol. The standard InChI is InChI=1S/C25H21N3O2.C24H21N3O.C24H19N3O.C23H16BrN3/c1-16-12-19(6-7-20(16)17-4-3-5-18(13-17)25(29)30-2)28-23-8-10-26-14-21(23)22-15-27-11-9-24(22)28;1-16-12-18(6-7-20(16)17-4-3-5-19(13-17)28-2)27-23-8-10-25-14-21(23)22-15-26-11-9-24(22)27;1-16-11-19(5-6-20(16)18-4-2-3-17(12-18)15-28)27-23-7-9-25-13-21(23)22-14-26-10-8-24(22)27;1-15-11-18(5-6-19(15)16-3-2-4-17(24)12-16)27-22-7-9-25-13-20(22)21-14-26-10-8-23(21)27/h3-14,22H,15H2,1-2H3;3-14,22H,15H2,1-2H3;2-14,28H,15H2,1H3;2-14H,1H3. The number of aryl methyl sites for hydroxylation is 4. The highest BCUT2D eigenvalue weighted by Crippen LogP contribution is 2.51. The first-order valence-corrected chi connectivity index (χ1v) is 38.2. The molecule has 0 saturated carbocycles. The van der Waals surface area contributed by atoms with Crippen LogP contribution in [0.4, 0.5) is 22.7 Å². The van der Waals surface area contributed by atoms with E-state index in [-0.39, 0.29) is 24.4 Å². The lowest BCUT2D eigenvalue weighted by molar-refractivity contribution is 0.0600. The van der Waals surface area contributed by atoms with Crippen molar-refractivity contribution in [2.24, 2.45) is 9.98 Å². The number of aliphatic imine (C=N–C) groups is 2. The number of aliphatic hydroxyl groups excluding tert-OH is 1. The number of ether oxygens (including phenoxy) is 2. The van der Waals surface area contributed by atoms with Crippen molar-refractivity contribution in [2.75, 3.05) is 37.1 Å².